The molecule has 1 aliphatic heterocycles. The van der Waals surface area contributed by atoms with Crippen molar-refractivity contribution >= 4 is 12.4 Å². The van der Waals surface area contributed by atoms with Crippen LogP contribution in [0.5, 0.6) is 0 Å². The van der Waals surface area contributed by atoms with Gasteiger partial charge in [0.05, 0.1) is 0 Å². The van der Waals surface area contributed by atoms with E-state index in [0.717, 1.165) is 31.2 Å². The first kappa shape index (κ1) is 11.5. The first-order valence-corrected chi connectivity index (χ1v) is 4.85. The second-order valence-electron chi connectivity index (χ2n) is 3.66. The molecule has 1 aliphatic rings. The monoisotopic (exact) mass is 217 g/mol. The van der Waals surface area contributed by atoms with Gasteiger partial charge < -0.3 is 9.84 Å². The average Bonchev–Trinajstić information content (AvgIpc) is 2.49. The van der Waals surface area contributed by atoms with Crippen LogP contribution in [-0.4, -0.2) is 23.2 Å². The van der Waals surface area contributed by atoms with Gasteiger partial charge in [-0.25, -0.2) is 0 Å². The van der Waals surface area contributed by atoms with E-state index >= 15 is 0 Å². The van der Waals surface area contributed by atoms with Crippen molar-refractivity contribution < 1.29 is 4.52 Å². The van der Waals surface area contributed by atoms with Crippen LogP contribution in [0.4, 0.5) is 0 Å². The molecule has 1 aromatic heterocycles. The number of halogens is 1. The summed E-state index contributed by atoms with van der Waals surface area (Å²) in [5, 5.41) is 7.17. The van der Waals surface area contributed by atoms with Gasteiger partial charge in [0.2, 0.25) is 5.89 Å². The van der Waals surface area contributed by atoms with E-state index in [9.17, 15) is 0 Å². The third-order valence-corrected chi connectivity index (χ3v) is 2.64. The first-order valence-electron chi connectivity index (χ1n) is 4.85. The van der Waals surface area contributed by atoms with Crippen molar-refractivity contribution in [2.45, 2.75) is 32.1 Å². The standard InChI is InChI=1S/C9H15N3O.ClH/c1-3-6(2)9-11-8(12-13-9)7-4-10-5-7;/h6-7,10H,3-5H2,1-2H3;1H. The molecule has 2 heterocycles. The summed E-state index contributed by atoms with van der Waals surface area (Å²) in [5.74, 6) is 2.51. The molecule has 1 atom stereocenters. The Kier molecular flexibility index (Phi) is 3.89. The smallest absolute Gasteiger partial charge is 0.229 e. The molecule has 0 radical (unpaired) electrons. The second kappa shape index (κ2) is 4.75. The molecule has 0 bridgehead atoms. The van der Waals surface area contributed by atoms with Crippen LogP contribution >= 0.6 is 12.4 Å². The third kappa shape index (κ3) is 2.07. The molecule has 80 valence electrons. The lowest BCUT2D eigenvalue weighted by molar-refractivity contribution is 0.341. The zero-order valence-corrected chi connectivity index (χ0v) is 9.30. The number of hydrogen-bond acceptors (Lipinski definition) is 4. The van der Waals surface area contributed by atoms with E-state index in [-0.39, 0.29) is 12.4 Å². The largest absolute Gasteiger partial charge is 0.339 e. The van der Waals surface area contributed by atoms with Crippen LogP contribution in [0, 0.1) is 0 Å². The molecule has 1 N–H and O–H groups in total. The minimum absolute atomic E-state index is 0. The van der Waals surface area contributed by atoms with Gasteiger partial charge in [0.25, 0.3) is 0 Å². The molecule has 1 saturated heterocycles. The number of aromatic nitrogens is 2. The normalized spacial score (nSPS) is 18.4. The molecule has 1 fully saturated rings. The van der Waals surface area contributed by atoms with E-state index in [1.54, 1.807) is 0 Å². The SMILES string of the molecule is CCC(C)c1nc(C2CNC2)no1.Cl. The van der Waals surface area contributed by atoms with Crippen LogP contribution in [0.2, 0.25) is 0 Å². The van der Waals surface area contributed by atoms with Crippen LogP contribution in [0.15, 0.2) is 4.52 Å². The van der Waals surface area contributed by atoms with Crippen molar-refractivity contribution in [3.63, 3.8) is 0 Å². The summed E-state index contributed by atoms with van der Waals surface area (Å²) in [6.45, 7) is 6.20. The van der Waals surface area contributed by atoms with Gasteiger partial charge in [0.1, 0.15) is 0 Å². The number of nitrogens with zero attached hydrogens (tertiary/aromatic N) is 2. The Hall–Kier alpha value is -0.610. The molecule has 14 heavy (non-hydrogen) atoms. The van der Waals surface area contributed by atoms with Gasteiger partial charge in [-0.05, 0) is 6.42 Å². The summed E-state index contributed by atoms with van der Waals surface area (Å²) in [4.78, 5) is 4.39. The first-order chi connectivity index (χ1) is 6.31. The molecule has 0 aliphatic carbocycles. The molecule has 2 rings (SSSR count). The van der Waals surface area contributed by atoms with Crippen molar-refractivity contribution in [3.05, 3.63) is 11.7 Å². The van der Waals surface area contributed by atoms with Crippen LogP contribution in [-0.2, 0) is 0 Å². The van der Waals surface area contributed by atoms with Gasteiger partial charge in [0, 0.05) is 24.9 Å². The molecule has 4 nitrogen and oxygen atoms in total. The van der Waals surface area contributed by atoms with E-state index in [2.05, 4.69) is 29.3 Å². The van der Waals surface area contributed by atoms with E-state index in [4.69, 9.17) is 4.52 Å². The predicted octanol–water partition coefficient (Wildman–Crippen LogP) is 1.69. The van der Waals surface area contributed by atoms with Crippen molar-refractivity contribution in [1.29, 1.82) is 0 Å². The van der Waals surface area contributed by atoms with Crippen molar-refractivity contribution in [2.75, 3.05) is 13.1 Å². The predicted molar refractivity (Wildman–Crippen MR) is 55.9 cm³/mol. The average molecular weight is 218 g/mol. The fourth-order valence-electron chi connectivity index (χ4n) is 1.26. The topological polar surface area (TPSA) is 51.0 Å². The highest BCUT2D eigenvalue weighted by Gasteiger charge is 2.25. The quantitative estimate of drug-likeness (QED) is 0.837. The minimum atomic E-state index is 0. The maximum atomic E-state index is 5.19. The number of hydrogen-bond donors (Lipinski definition) is 1. The molecule has 1 unspecified atom stereocenters. The van der Waals surface area contributed by atoms with Gasteiger partial charge in [-0.3, -0.25) is 0 Å². The Balaban J connectivity index is 0.000000980. The molecule has 0 saturated carbocycles. The lowest BCUT2D eigenvalue weighted by Crippen LogP contribution is -2.40. The van der Waals surface area contributed by atoms with Crippen LogP contribution in [0.3, 0.4) is 0 Å². The van der Waals surface area contributed by atoms with E-state index in [1.165, 1.54) is 0 Å². The highest BCUT2D eigenvalue weighted by molar-refractivity contribution is 5.85. The van der Waals surface area contributed by atoms with Gasteiger partial charge in [0.15, 0.2) is 5.82 Å². The molecule has 5 heteroatoms. The Bertz CT molecular complexity index is 266. The Labute approximate surface area is 89.9 Å². The molecule has 0 aromatic carbocycles. The zero-order chi connectivity index (χ0) is 9.26. The lowest BCUT2D eigenvalue weighted by Gasteiger charge is -2.23. The van der Waals surface area contributed by atoms with Gasteiger partial charge in [-0.15, -0.1) is 12.4 Å². The van der Waals surface area contributed by atoms with Crippen molar-refractivity contribution in [3.8, 4) is 0 Å². The van der Waals surface area contributed by atoms with Gasteiger partial charge >= 0.3 is 0 Å². The molecular weight excluding hydrogens is 202 g/mol. The zero-order valence-electron chi connectivity index (χ0n) is 8.49. The van der Waals surface area contributed by atoms with E-state index in [1.807, 2.05) is 0 Å². The fourth-order valence-corrected chi connectivity index (χ4v) is 1.26. The van der Waals surface area contributed by atoms with E-state index < -0.39 is 0 Å². The fraction of sp³-hybridized carbons (Fsp3) is 0.778. The van der Waals surface area contributed by atoms with Crippen LogP contribution < -0.4 is 5.32 Å². The molecule has 1 aromatic rings. The summed E-state index contributed by atoms with van der Waals surface area (Å²) >= 11 is 0. The second-order valence-corrected chi connectivity index (χ2v) is 3.66. The maximum Gasteiger partial charge on any atom is 0.229 e. The van der Waals surface area contributed by atoms with Crippen LogP contribution in [0.1, 0.15) is 43.8 Å². The summed E-state index contributed by atoms with van der Waals surface area (Å²) in [6, 6.07) is 0. The van der Waals surface area contributed by atoms with E-state index in [0.29, 0.717) is 11.8 Å². The summed E-state index contributed by atoms with van der Waals surface area (Å²) in [7, 11) is 0. The van der Waals surface area contributed by atoms with Gasteiger partial charge in [-0.1, -0.05) is 19.0 Å². The minimum Gasteiger partial charge on any atom is -0.339 e. The highest BCUT2D eigenvalue weighted by Crippen LogP contribution is 2.21. The Morgan fingerprint density at radius 3 is 2.79 bits per heavy atom. The number of nitrogens with one attached hydrogen (secondary N) is 1. The van der Waals surface area contributed by atoms with Gasteiger partial charge in [-0.2, -0.15) is 4.98 Å². The van der Waals surface area contributed by atoms with Crippen molar-refractivity contribution in [2.24, 2.45) is 0 Å². The highest BCUT2D eigenvalue weighted by atomic mass is 35.5. The Morgan fingerprint density at radius 2 is 2.29 bits per heavy atom. The van der Waals surface area contributed by atoms with Crippen LogP contribution in [0.25, 0.3) is 0 Å². The summed E-state index contributed by atoms with van der Waals surface area (Å²) < 4.78 is 5.19. The lowest BCUT2D eigenvalue weighted by atomic mass is 10.0. The third-order valence-electron chi connectivity index (χ3n) is 2.64. The molecule has 0 amide bonds. The Morgan fingerprint density at radius 1 is 1.57 bits per heavy atom. The summed E-state index contributed by atoms with van der Waals surface area (Å²) in [5.41, 5.74) is 0. The summed E-state index contributed by atoms with van der Waals surface area (Å²) in [6.07, 6.45) is 1.05. The number of rotatable bonds is 3. The van der Waals surface area contributed by atoms with Crippen molar-refractivity contribution in [1.82, 2.24) is 15.5 Å². The molecular formula is C9H16ClN3O. The molecule has 0 spiro atoms. The maximum absolute atomic E-state index is 5.19.